The molecule has 1 aromatic rings. The maximum Gasteiger partial charge on any atom is 0.230 e. The molecular formula is C22H33N3O2. The summed E-state index contributed by atoms with van der Waals surface area (Å²) in [5.41, 5.74) is 1.87. The second-order valence-corrected chi connectivity index (χ2v) is 8.08. The van der Waals surface area contributed by atoms with Crippen molar-refractivity contribution in [2.45, 2.75) is 53.1 Å². The molecule has 0 saturated carbocycles. The van der Waals surface area contributed by atoms with E-state index >= 15 is 0 Å². The first-order valence-electron chi connectivity index (χ1n) is 9.38. The maximum atomic E-state index is 12.7. The van der Waals surface area contributed by atoms with Crippen LogP contribution in [0.1, 0.15) is 53.0 Å². The van der Waals surface area contributed by atoms with Gasteiger partial charge in [0.25, 0.3) is 0 Å². The van der Waals surface area contributed by atoms with Crippen molar-refractivity contribution in [3.8, 4) is 6.07 Å². The van der Waals surface area contributed by atoms with E-state index in [-0.39, 0.29) is 11.5 Å². The number of ether oxygens (including phenoxy) is 1. The number of nitrogens with one attached hydrogen (secondary N) is 2. The fourth-order valence-corrected chi connectivity index (χ4v) is 2.49. The van der Waals surface area contributed by atoms with E-state index in [0.29, 0.717) is 13.0 Å². The van der Waals surface area contributed by atoms with Crippen LogP contribution in [0.4, 0.5) is 5.69 Å². The second kappa shape index (κ2) is 10.2. The fourth-order valence-electron chi connectivity index (χ4n) is 2.49. The topological polar surface area (TPSA) is 74.2 Å². The molecule has 0 radical (unpaired) electrons. The van der Waals surface area contributed by atoms with E-state index in [4.69, 9.17) is 10.00 Å². The predicted octanol–water partition coefficient (Wildman–Crippen LogP) is 4.37. The van der Waals surface area contributed by atoms with Gasteiger partial charge in [-0.2, -0.15) is 5.26 Å². The highest BCUT2D eigenvalue weighted by Crippen LogP contribution is 2.25. The molecule has 27 heavy (non-hydrogen) atoms. The number of nitrogens with zero attached hydrogens (tertiary/aromatic N) is 1. The van der Waals surface area contributed by atoms with Crippen molar-refractivity contribution in [2.24, 2.45) is 5.41 Å². The van der Waals surface area contributed by atoms with E-state index in [0.717, 1.165) is 29.8 Å². The van der Waals surface area contributed by atoms with Crippen LogP contribution in [0.2, 0.25) is 0 Å². The molecule has 1 aromatic carbocycles. The average Bonchev–Trinajstić information content (AvgIpc) is 2.60. The fraction of sp³-hybridized carbons (Fsp3) is 0.545. The number of amides is 1. The second-order valence-electron chi connectivity index (χ2n) is 8.08. The van der Waals surface area contributed by atoms with Crippen LogP contribution in [0, 0.1) is 16.7 Å². The van der Waals surface area contributed by atoms with Crippen molar-refractivity contribution in [1.29, 1.82) is 5.26 Å². The summed E-state index contributed by atoms with van der Waals surface area (Å²) in [5, 5.41) is 14.8. The van der Waals surface area contributed by atoms with Gasteiger partial charge in [-0.05, 0) is 70.5 Å². The van der Waals surface area contributed by atoms with E-state index < -0.39 is 5.41 Å². The zero-order valence-electron chi connectivity index (χ0n) is 17.5. The minimum absolute atomic E-state index is 0.0313. The van der Waals surface area contributed by atoms with Crippen LogP contribution < -0.4 is 10.6 Å². The number of hydrogen-bond donors (Lipinski definition) is 2. The lowest BCUT2D eigenvalue weighted by atomic mass is 9.88. The Morgan fingerprint density at radius 3 is 2.37 bits per heavy atom. The number of benzene rings is 1. The molecule has 1 rings (SSSR count). The minimum Gasteiger partial charge on any atom is -0.375 e. The van der Waals surface area contributed by atoms with Crippen molar-refractivity contribution in [2.75, 3.05) is 25.5 Å². The molecule has 0 aliphatic heterocycles. The van der Waals surface area contributed by atoms with Gasteiger partial charge in [0, 0.05) is 23.8 Å². The summed E-state index contributed by atoms with van der Waals surface area (Å²) in [4.78, 5) is 12.7. The van der Waals surface area contributed by atoms with Crippen molar-refractivity contribution >= 4 is 17.2 Å². The molecule has 0 aromatic heterocycles. The van der Waals surface area contributed by atoms with Crippen LogP contribution in [0.3, 0.4) is 0 Å². The van der Waals surface area contributed by atoms with Crippen LogP contribution >= 0.6 is 0 Å². The van der Waals surface area contributed by atoms with Gasteiger partial charge in [0.15, 0.2) is 0 Å². The van der Waals surface area contributed by atoms with Gasteiger partial charge in [-0.25, -0.2) is 0 Å². The normalized spacial score (nSPS) is 12.6. The highest BCUT2D eigenvalue weighted by molar-refractivity contribution is 5.94. The number of hydrogen-bond acceptors (Lipinski definition) is 4. The third-order valence-corrected chi connectivity index (χ3v) is 4.69. The van der Waals surface area contributed by atoms with Crippen molar-refractivity contribution in [1.82, 2.24) is 5.32 Å². The zero-order valence-corrected chi connectivity index (χ0v) is 17.5. The van der Waals surface area contributed by atoms with E-state index in [9.17, 15) is 4.79 Å². The predicted molar refractivity (Wildman–Crippen MR) is 111 cm³/mol. The van der Waals surface area contributed by atoms with Crippen LogP contribution in [-0.4, -0.2) is 31.7 Å². The lowest BCUT2D eigenvalue weighted by molar-refractivity contribution is -0.126. The Bertz CT molecular complexity index is 683. The quantitative estimate of drug-likeness (QED) is 0.599. The third kappa shape index (κ3) is 7.94. The molecular weight excluding hydrogens is 338 g/mol. The standard InChI is InChI=1S/C22H33N3O2/c1-17(11-14-23)18-7-9-19(10-8-18)25-20(26)21(2,3)13-16-27-22(4,5)12-15-24-6/h7-11,24H,12-13,15-16H2,1-6H3,(H,25,26)/b17-11+. The first-order chi connectivity index (χ1) is 12.6. The molecule has 1 amide bonds. The Morgan fingerprint density at radius 2 is 1.81 bits per heavy atom. The summed E-state index contributed by atoms with van der Waals surface area (Å²) < 4.78 is 5.98. The summed E-state index contributed by atoms with van der Waals surface area (Å²) in [6.45, 7) is 11.3. The SMILES string of the molecule is CNCCC(C)(C)OCCC(C)(C)C(=O)Nc1ccc(/C(C)=C/C#N)cc1. The Morgan fingerprint density at radius 1 is 1.19 bits per heavy atom. The maximum absolute atomic E-state index is 12.7. The van der Waals surface area contributed by atoms with Crippen molar-refractivity contribution < 1.29 is 9.53 Å². The van der Waals surface area contributed by atoms with Gasteiger partial charge >= 0.3 is 0 Å². The van der Waals surface area contributed by atoms with Gasteiger partial charge < -0.3 is 15.4 Å². The molecule has 148 valence electrons. The number of allylic oxidation sites excluding steroid dienone is 2. The number of rotatable bonds is 10. The first-order valence-corrected chi connectivity index (χ1v) is 9.38. The number of anilines is 1. The van der Waals surface area contributed by atoms with Gasteiger partial charge in [0.05, 0.1) is 11.7 Å². The lowest BCUT2D eigenvalue weighted by Gasteiger charge is -2.29. The lowest BCUT2D eigenvalue weighted by Crippen LogP contribution is -2.34. The highest BCUT2D eigenvalue weighted by Gasteiger charge is 2.28. The molecule has 0 spiro atoms. The van der Waals surface area contributed by atoms with E-state index in [1.165, 1.54) is 6.08 Å². The summed E-state index contributed by atoms with van der Waals surface area (Å²) in [7, 11) is 1.93. The average molecular weight is 372 g/mol. The zero-order chi connectivity index (χ0) is 20.5. The molecule has 0 saturated heterocycles. The van der Waals surface area contributed by atoms with Gasteiger partial charge in [-0.15, -0.1) is 0 Å². The largest absolute Gasteiger partial charge is 0.375 e. The van der Waals surface area contributed by atoms with Crippen LogP contribution in [0.5, 0.6) is 0 Å². The van der Waals surface area contributed by atoms with Crippen molar-refractivity contribution in [3.05, 3.63) is 35.9 Å². The van der Waals surface area contributed by atoms with Crippen LogP contribution in [0.15, 0.2) is 30.3 Å². The monoisotopic (exact) mass is 371 g/mol. The molecule has 2 N–H and O–H groups in total. The van der Waals surface area contributed by atoms with Gasteiger partial charge in [0.1, 0.15) is 0 Å². The molecule has 0 aliphatic rings. The molecule has 5 heteroatoms. The Labute approximate surface area is 163 Å². The first kappa shape index (κ1) is 22.9. The van der Waals surface area contributed by atoms with E-state index in [1.54, 1.807) is 0 Å². The molecule has 0 atom stereocenters. The molecule has 0 unspecified atom stereocenters. The van der Waals surface area contributed by atoms with Gasteiger partial charge in [0.2, 0.25) is 5.91 Å². The van der Waals surface area contributed by atoms with Crippen LogP contribution in [0.25, 0.3) is 5.57 Å². The molecule has 0 bridgehead atoms. The summed E-state index contributed by atoms with van der Waals surface area (Å²) in [6, 6.07) is 9.54. The number of carbonyl (C=O) groups excluding carboxylic acids is 1. The molecule has 0 heterocycles. The Kier molecular flexibility index (Phi) is 8.68. The smallest absolute Gasteiger partial charge is 0.230 e. The number of nitriles is 1. The Balaban J connectivity index is 2.59. The molecule has 5 nitrogen and oxygen atoms in total. The summed E-state index contributed by atoms with van der Waals surface area (Å²) in [5.74, 6) is -0.0313. The molecule has 0 aliphatic carbocycles. The number of carbonyl (C=O) groups is 1. The molecule has 0 fully saturated rings. The Hall–Kier alpha value is -2.16. The third-order valence-electron chi connectivity index (χ3n) is 4.69. The van der Waals surface area contributed by atoms with Gasteiger partial charge in [-0.3, -0.25) is 4.79 Å². The minimum atomic E-state index is -0.533. The van der Waals surface area contributed by atoms with Crippen molar-refractivity contribution in [3.63, 3.8) is 0 Å². The van der Waals surface area contributed by atoms with E-state index in [1.807, 2.05) is 58.2 Å². The van der Waals surface area contributed by atoms with E-state index in [2.05, 4.69) is 24.5 Å². The van der Waals surface area contributed by atoms with Crippen LogP contribution in [-0.2, 0) is 9.53 Å². The highest BCUT2D eigenvalue weighted by atomic mass is 16.5. The van der Waals surface area contributed by atoms with Gasteiger partial charge in [-0.1, -0.05) is 26.0 Å². The summed E-state index contributed by atoms with van der Waals surface area (Å²) in [6.07, 6.45) is 3.07. The summed E-state index contributed by atoms with van der Waals surface area (Å²) >= 11 is 0.